The summed E-state index contributed by atoms with van der Waals surface area (Å²) in [7, 11) is 3.22. The molecule has 0 spiro atoms. The van der Waals surface area contributed by atoms with Crippen LogP contribution in [-0.2, 0) is 0 Å². The lowest BCUT2D eigenvalue weighted by molar-refractivity contribution is 0.392. The van der Waals surface area contributed by atoms with Crippen molar-refractivity contribution >= 4 is 21.6 Å². The van der Waals surface area contributed by atoms with Crippen molar-refractivity contribution in [2.24, 2.45) is 5.84 Å². The molecule has 5 nitrogen and oxygen atoms in total. The van der Waals surface area contributed by atoms with Crippen LogP contribution in [0.3, 0.4) is 0 Å². The summed E-state index contributed by atoms with van der Waals surface area (Å²) in [6, 6.07) is 11.0. The number of hydrazine groups is 1. The minimum atomic E-state index is -0.272. The molecule has 1 unspecified atom stereocenters. The molecule has 6 heteroatoms. The predicted octanol–water partition coefficient (Wildman–Crippen LogP) is 2.60. The highest BCUT2D eigenvalue weighted by atomic mass is 79.9. The second-order valence-corrected chi connectivity index (χ2v) is 5.43. The van der Waals surface area contributed by atoms with Crippen LogP contribution in [0.15, 0.2) is 40.9 Å². The first-order valence-corrected chi connectivity index (χ1v) is 7.12. The minimum Gasteiger partial charge on any atom is -0.497 e. The molecule has 0 aliphatic rings. The Morgan fingerprint density at radius 2 is 1.67 bits per heavy atom. The molecule has 0 aromatic heterocycles. The van der Waals surface area contributed by atoms with Gasteiger partial charge < -0.3 is 15.2 Å². The predicted molar refractivity (Wildman–Crippen MR) is 87.3 cm³/mol. The van der Waals surface area contributed by atoms with Crippen molar-refractivity contribution in [2.75, 3.05) is 20.0 Å². The molecule has 0 saturated carbocycles. The molecule has 1 atom stereocenters. The topological polar surface area (TPSA) is 82.5 Å². The van der Waals surface area contributed by atoms with Crippen molar-refractivity contribution in [3.05, 3.63) is 52.0 Å². The first-order chi connectivity index (χ1) is 10.1. The molecule has 0 fully saturated rings. The summed E-state index contributed by atoms with van der Waals surface area (Å²) in [6.07, 6.45) is 0. The van der Waals surface area contributed by atoms with Crippen LogP contribution in [0.5, 0.6) is 11.5 Å². The Balaban J connectivity index is 2.52. The molecule has 0 bridgehead atoms. The second-order valence-electron chi connectivity index (χ2n) is 4.52. The summed E-state index contributed by atoms with van der Waals surface area (Å²) < 4.78 is 11.5. The van der Waals surface area contributed by atoms with Gasteiger partial charge in [0, 0.05) is 16.2 Å². The normalized spacial score (nSPS) is 12.0. The third-order valence-electron chi connectivity index (χ3n) is 3.23. The number of benzene rings is 2. The van der Waals surface area contributed by atoms with E-state index in [1.54, 1.807) is 20.3 Å². The van der Waals surface area contributed by atoms with Gasteiger partial charge in [-0.15, -0.1) is 0 Å². The van der Waals surface area contributed by atoms with Gasteiger partial charge in [0.2, 0.25) is 0 Å². The van der Waals surface area contributed by atoms with E-state index in [4.69, 9.17) is 21.1 Å². The molecule has 0 amide bonds. The number of nitrogens with one attached hydrogen (secondary N) is 1. The number of hydrogen-bond donors (Lipinski definition) is 3. The van der Waals surface area contributed by atoms with E-state index >= 15 is 0 Å². The van der Waals surface area contributed by atoms with Gasteiger partial charge in [-0.3, -0.25) is 5.84 Å². The average Bonchev–Trinajstić information content (AvgIpc) is 2.51. The molecular formula is C15H18BrN3O2. The van der Waals surface area contributed by atoms with Crippen molar-refractivity contribution in [3.63, 3.8) is 0 Å². The largest absolute Gasteiger partial charge is 0.497 e. The van der Waals surface area contributed by atoms with Crippen LogP contribution in [0.25, 0.3) is 0 Å². The Morgan fingerprint density at radius 1 is 1.05 bits per heavy atom. The Morgan fingerprint density at radius 3 is 2.19 bits per heavy atom. The van der Waals surface area contributed by atoms with E-state index < -0.39 is 0 Å². The zero-order valence-electron chi connectivity index (χ0n) is 11.9. The van der Waals surface area contributed by atoms with Crippen LogP contribution in [-0.4, -0.2) is 14.2 Å². The highest BCUT2D eigenvalue weighted by molar-refractivity contribution is 9.10. The van der Waals surface area contributed by atoms with Crippen molar-refractivity contribution in [2.45, 2.75) is 6.04 Å². The van der Waals surface area contributed by atoms with Crippen LogP contribution in [0.4, 0.5) is 5.69 Å². The monoisotopic (exact) mass is 351 g/mol. The maximum atomic E-state index is 6.07. The number of halogens is 1. The maximum absolute atomic E-state index is 6.07. The molecule has 0 aliphatic heterocycles. The van der Waals surface area contributed by atoms with Crippen molar-refractivity contribution in [1.82, 2.24) is 5.43 Å². The second kappa shape index (κ2) is 6.80. The summed E-state index contributed by atoms with van der Waals surface area (Å²) in [6.45, 7) is 0. The van der Waals surface area contributed by atoms with Crippen LogP contribution in [0, 0.1) is 0 Å². The molecule has 112 valence electrons. The average molecular weight is 352 g/mol. The van der Waals surface area contributed by atoms with E-state index in [9.17, 15) is 0 Å². The summed E-state index contributed by atoms with van der Waals surface area (Å²) in [4.78, 5) is 0. The van der Waals surface area contributed by atoms with Crippen LogP contribution < -0.4 is 26.5 Å². The first-order valence-electron chi connectivity index (χ1n) is 6.33. The fraction of sp³-hybridized carbons (Fsp3) is 0.200. The summed E-state index contributed by atoms with van der Waals surface area (Å²) >= 11 is 3.45. The van der Waals surface area contributed by atoms with Gasteiger partial charge in [0.15, 0.2) is 0 Å². The Kier molecular flexibility index (Phi) is 5.06. The van der Waals surface area contributed by atoms with Gasteiger partial charge in [-0.05, 0) is 41.5 Å². The number of nitrogens with two attached hydrogens (primary N) is 2. The fourth-order valence-corrected chi connectivity index (χ4v) is 2.54. The van der Waals surface area contributed by atoms with E-state index in [2.05, 4.69) is 21.4 Å². The molecule has 2 rings (SSSR count). The molecule has 2 aromatic rings. The Hall–Kier alpha value is -1.76. The minimum absolute atomic E-state index is 0.272. The maximum Gasteiger partial charge on any atom is 0.122 e. The summed E-state index contributed by atoms with van der Waals surface area (Å²) in [5, 5.41) is 0. The first kappa shape index (κ1) is 15.6. The summed E-state index contributed by atoms with van der Waals surface area (Å²) in [5.41, 5.74) is 11.3. The zero-order chi connectivity index (χ0) is 15.4. The van der Waals surface area contributed by atoms with Gasteiger partial charge in [0.05, 0.1) is 20.3 Å². The third-order valence-corrected chi connectivity index (χ3v) is 3.73. The molecule has 21 heavy (non-hydrogen) atoms. The van der Waals surface area contributed by atoms with E-state index in [1.807, 2.05) is 30.3 Å². The van der Waals surface area contributed by atoms with Gasteiger partial charge >= 0.3 is 0 Å². The van der Waals surface area contributed by atoms with Crippen molar-refractivity contribution in [1.29, 1.82) is 0 Å². The van der Waals surface area contributed by atoms with Crippen LogP contribution in [0.1, 0.15) is 17.2 Å². The van der Waals surface area contributed by atoms with Gasteiger partial charge in [0.25, 0.3) is 0 Å². The lowest BCUT2D eigenvalue weighted by Gasteiger charge is -2.20. The number of methoxy groups -OCH3 is 2. The van der Waals surface area contributed by atoms with Gasteiger partial charge in [0.1, 0.15) is 11.5 Å². The molecule has 0 radical (unpaired) electrons. The van der Waals surface area contributed by atoms with Gasteiger partial charge in [-0.25, -0.2) is 5.43 Å². The highest BCUT2D eigenvalue weighted by Gasteiger charge is 2.17. The van der Waals surface area contributed by atoms with Crippen LogP contribution in [0.2, 0.25) is 0 Å². The van der Waals surface area contributed by atoms with Crippen LogP contribution >= 0.6 is 15.9 Å². The molecular weight excluding hydrogens is 334 g/mol. The molecule has 0 saturated heterocycles. The number of hydrogen-bond acceptors (Lipinski definition) is 5. The Labute approximate surface area is 132 Å². The van der Waals surface area contributed by atoms with Gasteiger partial charge in [-0.1, -0.05) is 15.9 Å². The van der Waals surface area contributed by atoms with Crippen molar-refractivity contribution in [3.8, 4) is 11.5 Å². The number of ether oxygens (including phenoxy) is 2. The SMILES string of the molecule is COc1cc(OC)cc(C(NN)c2cc(Br)ccc2N)c1. The lowest BCUT2D eigenvalue weighted by Crippen LogP contribution is -2.29. The number of anilines is 1. The van der Waals surface area contributed by atoms with Crippen molar-refractivity contribution < 1.29 is 9.47 Å². The van der Waals surface area contributed by atoms with E-state index in [-0.39, 0.29) is 6.04 Å². The van der Waals surface area contributed by atoms with E-state index in [1.165, 1.54) is 0 Å². The fourth-order valence-electron chi connectivity index (χ4n) is 2.16. The summed E-state index contributed by atoms with van der Waals surface area (Å²) in [5.74, 6) is 7.12. The molecule has 0 aliphatic carbocycles. The number of rotatable bonds is 5. The highest BCUT2D eigenvalue weighted by Crippen LogP contribution is 2.33. The molecule has 5 N–H and O–H groups in total. The molecule has 2 aromatic carbocycles. The smallest absolute Gasteiger partial charge is 0.122 e. The number of nitrogen functional groups attached to an aromatic ring is 1. The zero-order valence-corrected chi connectivity index (χ0v) is 13.5. The standard InChI is InChI=1S/C15H18BrN3O2/c1-20-11-5-9(6-12(8-11)21-2)15(19-18)13-7-10(16)3-4-14(13)17/h3-8,15,19H,17-18H2,1-2H3. The molecule has 0 heterocycles. The third kappa shape index (κ3) is 3.47. The Bertz CT molecular complexity index is 612. The van der Waals surface area contributed by atoms with Gasteiger partial charge in [-0.2, -0.15) is 0 Å². The lowest BCUT2D eigenvalue weighted by atomic mass is 9.97. The quantitative estimate of drug-likeness (QED) is 0.438. The van der Waals surface area contributed by atoms with E-state index in [0.717, 1.165) is 15.6 Å². The van der Waals surface area contributed by atoms with E-state index in [0.29, 0.717) is 17.2 Å².